The molecule has 2 heterocycles. The number of fused-ring (bicyclic) bond motifs is 1. The number of nitrogens with zero attached hydrogens (tertiary/aromatic N) is 2. The second-order valence-corrected chi connectivity index (χ2v) is 8.01. The Bertz CT molecular complexity index is 973. The summed E-state index contributed by atoms with van der Waals surface area (Å²) in [6.45, 7) is 4.87. The van der Waals surface area contributed by atoms with Gasteiger partial charge in [0.25, 0.3) is 0 Å². The van der Waals surface area contributed by atoms with Crippen LogP contribution in [0.5, 0.6) is 0 Å². The molecule has 2 aliphatic heterocycles. The van der Waals surface area contributed by atoms with Crippen LogP contribution in [-0.2, 0) is 20.8 Å². The molecule has 2 aliphatic rings. The summed E-state index contributed by atoms with van der Waals surface area (Å²) in [5.74, 6) is -0.386. The SMILES string of the molecule is CCC(=O)N1CCc2cc(N3C[C@H](C(=O)N[C@@H](C)c4ccccc4)CC3=O)ccc21. The maximum Gasteiger partial charge on any atom is 0.227 e. The fourth-order valence-electron chi connectivity index (χ4n) is 4.30. The van der Waals surface area contributed by atoms with Gasteiger partial charge in [0.1, 0.15) is 0 Å². The molecule has 0 radical (unpaired) electrons. The number of hydrogen-bond acceptors (Lipinski definition) is 3. The van der Waals surface area contributed by atoms with Gasteiger partial charge in [-0.05, 0) is 42.7 Å². The highest BCUT2D eigenvalue weighted by Gasteiger charge is 2.36. The van der Waals surface area contributed by atoms with E-state index in [0.29, 0.717) is 19.5 Å². The van der Waals surface area contributed by atoms with Gasteiger partial charge in [-0.2, -0.15) is 0 Å². The lowest BCUT2D eigenvalue weighted by Crippen LogP contribution is -2.34. The third-order valence-corrected chi connectivity index (χ3v) is 6.03. The number of amides is 3. The van der Waals surface area contributed by atoms with Gasteiger partial charge in [0.15, 0.2) is 0 Å². The molecule has 4 rings (SSSR count). The highest BCUT2D eigenvalue weighted by molar-refractivity contribution is 6.01. The fourth-order valence-corrected chi connectivity index (χ4v) is 4.30. The maximum absolute atomic E-state index is 12.8. The summed E-state index contributed by atoms with van der Waals surface area (Å²) < 4.78 is 0. The van der Waals surface area contributed by atoms with Gasteiger partial charge in [0, 0.05) is 37.3 Å². The van der Waals surface area contributed by atoms with E-state index in [9.17, 15) is 14.4 Å². The van der Waals surface area contributed by atoms with E-state index in [2.05, 4.69) is 5.32 Å². The molecule has 0 aromatic heterocycles. The van der Waals surface area contributed by atoms with Gasteiger partial charge in [-0.3, -0.25) is 14.4 Å². The Morgan fingerprint density at radius 2 is 1.93 bits per heavy atom. The fraction of sp³-hybridized carbons (Fsp3) is 0.375. The molecule has 2 aromatic rings. The van der Waals surface area contributed by atoms with Crippen molar-refractivity contribution in [2.75, 3.05) is 22.9 Å². The van der Waals surface area contributed by atoms with Gasteiger partial charge in [-0.25, -0.2) is 0 Å². The molecule has 0 bridgehead atoms. The lowest BCUT2D eigenvalue weighted by atomic mass is 10.1. The van der Waals surface area contributed by atoms with Gasteiger partial charge in [-0.1, -0.05) is 37.3 Å². The van der Waals surface area contributed by atoms with Crippen molar-refractivity contribution in [3.05, 3.63) is 59.7 Å². The number of rotatable bonds is 5. The van der Waals surface area contributed by atoms with Crippen molar-refractivity contribution in [2.45, 2.75) is 39.2 Å². The number of anilines is 2. The molecule has 2 atom stereocenters. The topological polar surface area (TPSA) is 69.7 Å². The number of benzene rings is 2. The van der Waals surface area contributed by atoms with Gasteiger partial charge < -0.3 is 15.1 Å². The molecule has 156 valence electrons. The zero-order valence-corrected chi connectivity index (χ0v) is 17.4. The first-order chi connectivity index (χ1) is 14.5. The summed E-state index contributed by atoms with van der Waals surface area (Å²) in [7, 11) is 0. The monoisotopic (exact) mass is 405 g/mol. The molecular weight excluding hydrogens is 378 g/mol. The largest absolute Gasteiger partial charge is 0.349 e. The van der Waals surface area contributed by atoms with Crippen LogP contribution in [0.2, 0.25) is 0 Å². The smallest absolute Gasteiger partial charge is 0.227 e. The van der Waals surface area contributed by atoms with Crippen LogP contribution in [0.15, 0.2) is 48.5 Å². The van der Waals surface area contributed by atoms with Gasteiger partial charge >= 0.3 is 0 Å². The second kappa shape index (κ2) is 8.30. The minimum atomic E-state index is -0.366. The van der Waals surface area contributed by atoms with Crippen molar-refractivity contribution in [1.29, 1.82) is 0 Å². The summed E-state index contributed by atoms with van der Waals surface area (Å²) in [5, 5.41) is 3.04. The van der Waals surface area contributed by atoms with Crippen molar-refractivity contribution in [3.8, 4) is 0 Å². The summed E-state index contributed by atoms with van der Waals surface area (Å²) in [6.07, 6.45) is 1.48. The molecule has 0 unspecified atom stereocenters. The molecule has 0 saturated carbocycles. The number of carbonyl (C=O) groups excluding carboxylic acids is 3. The van der Waals surface area contributed by atoms with Crippen molar-refractivity contribution in [3.63, 3.8) is 0 Å². The molecule has 1 fully saturated rings. The Morgan fingerprint density at radius 1 is 1.17 bits per heavy atom. The molecule has 3 amide bonds. The van der Waals surface area contributed by atoms with E-state index in [1.165, 1.54) is 0 Å². The molecule has 1 saturated heterocycles. The summed E-state index contributed by atoms with van der Waals surface area (Å²) in [5.41, 5.74) is 3.85. The molecule has 30 heavy (non-hydrogen) atoms. The van der Waals surface area contributed by atoms with Gasteiger partial charge in [0.2, 0.25) is 17.7 Å². The van der Waals surface area contributed by atoms with Crippen molar-refractivity contribution in [1.82, 2.24) is 5.32 Å². The first kappa shape index (κ1) is 20.1. The van der Waals surface area contributed by atoms with Crippen molar-refractivity contribution >= 4 is 29.1 Å². The third-order valence-electron chi connectivity index (χ3n) is 6.03. The molecule has 6 heteroatoms. The molecule has 0 aliphatic carbocycles. The van der Waals surface area contributed by atoms with E-state index in [-0.39, 0.29) is 36.1 Å². The predicted molar refractivity (Wildman–Crippen MR) is 116 cm³/mol. The van der Waals surface area contributed by atoms with Crippen LogP contribution in [0, 0.1) is 5.92 Å². The first-order valence-corrected chi connectivity index (χ1v) is 10.6. The Labute approximate surface area is 176 Å². The van der Waals surface area contributed by atoms with Crippen LogP contribution in [0.4, 0.5) is 11.4 Å². The van der Waals surface area contributed by atoms with E-state index < -0.39 is 0 Å². The number of hydrogen-bond donors (Lipinski definition) is 1. The van der Waals surface area contributed by atoms with Crippen LogP contribution in [0.1, 0.15) is 43.9 Å². The Kier molecular flexibility index (Phi) is 5.57. The van der Waals surface area contributed by atoms with Crippen LogP contribution >= 0.6 is 0 Å². The van der Waals surface area contributed by atoms with Crippen LogP contribution in [-0.4, -0.2) is 30.8 Å². The summed E-state index contributed by atoms with van der Waals surface area (Å²) >= 11 is 0. The minimum Gasteiger partial charge on any atom is -0.349 e. The van der Waals surface area contributed by atoms with Crippen molar-refractivity contribution < 1.29 is 14.4 Å². The minimum absolute atomic E-state index is 0.0399. The summed E-state index contributed by atoms with van der Waals surface area (Å²) in [4.78, 5) is 41.0. The van der Waals surface area contributed by atoms with Gasteiger partial charge in [0.05, 0.1) is 12.0 Å². The van der Waals surface area contributed by atoms with E-state index in [1.807, 2.05) is 67.3 Å². The maximum atomic E-state index is 12.8. The average Bonchev–Trinajstić information content (AvgIpc) is 3.36. The zero-order valence-electron chi connectivity index (χ0n) is 17.4. The quantitative estimate of drug-likeness (QED) is 0.830. The van der Waals surface area contributed by atoms with Crippen molar-refractivity contribution in [2.24, 2.45) is 5.92 Å². The normalized spacial score (nSPS) is 19.0. The average molecular weight is 405 g/mol. The number of carbonyl (C=O) groups is 3. The van der Waals surface area contributed by atoms with Crippen LogP contribution < -0.4 is 15.1 Å². The third kappa shape index (κ3) is 3.82. The lowest BCUT2D eigenvalue weighted by molar-refractivity contribution is -0.126. The molecule has 6 nitrogen and oxygen atoms in total. The Balaban J connectivity index is 1.44. The predicted octanol–water partition coefficient (Wildman–Crippen LogP) is 3.22. The van der Waals surface area contributed by atoms with E-state index in [1.54, 1.807) is 4.90 Å². The van der Waals surface area contributed by atoms with E-state index in [4.69, 9.17) is 0 Å². The zero-order chi connectivity index (χ0) is 21.3. The highest BCUT2D eigenvalue weighted by Crippen LogP contribution is 2.34. The van der Waals surface area contributed by atoms with Crippen LogP contribution in [0.25, 0.3) is 0 Å². The van der Waals surface area contributed by atoms with Gasteiger partial charge in [-0.15, -0.1) is 0 Å². The second-order valence-electron chi connectivity index (χ2n) is 8.01. The summed E-state index contributed by atoms with van der Waals surface area (Å²) in [6, 6.07) is 15.5. The standard InChI is InChI=1S/C24H27N3O3/c1-3-22(28)26-12-11-18-13-20(9-10-21(18)26)27-15-19(14-23(27)29)24(30)25-16(2)17-7-5-4-6-8-17/h4-10,13,16,19H,3,11-12,14-15H2,1-2H3,(H,25,30)/t16-,19+/m0/s1. The lowest BCUT2D eigenvalue weighted by Gasteiger charge is -2.20. The van der Waals surface area contributed by atoms with E-state index >= 15 is 0 Å². The van der Waals surface area contributed by atoms with Crippen LogP contribution in [0.3, 0.4) is 0 Å². The first-order valence-electron chi connectivity index (χ1n) is 10.6. The molecule has 2 aromatic carbocycles. The number of nitrogens with one attached hydrogen (secondary N) is 1. The Morgan fingerprint density at radius 3 is 2.67 bits per heavy atom. The molecule has 0 spiro atoms. The molecule has 1 N–H and O–H groups in total. The molecular formula is C24H27N3O3. The Hall–Kier alpha value is -3.15. The van der Waals surface area contributed by atoms with E-state index in [0.717, 1.165) is 28.9 Å². The highest BCUT2D eigenvalue weighted by atomic mass is 16.2.